The lowest BCUT2D eigenvalue weighted by molar-refractivity contribution is 0.0520. The number of amides is 2. The lowest BCUT2D eigenvalue weighted by Crippen LogP contribution is -2.26. The molecular weight excluding hydrogens is 428 g/mol. The zero-order valence-corrected chi connectivity index (χ0v) is 18.2. The van der Waals surface area contributed by atoms with Crippen LogP contribution in [0.15, 0.2) is 64.8 Å². The van der Waals surface area contributed by atoms with Crippen molar-refractivity contribution in [2.24, 2.45) is 0 Å². The molecule has 2 aromatic heterocycles. The summed E-state index contributed by atoms with van der Waals surface area (Å²) >= 11 is 1.14. The normalized spacial score (nSPS) is 10.7. The van der Waals surface area contributed by atoms with E-state index in [1.54, 1.807) is 42.6 Å². The van der Waals surface area contributed by atoms with Gasteiger partial charge in [-0.05, 0) is 43.7 Å². The molecule has 0 saturated heterocycles. The molecule has 2 amide bonds. The van der Waals surface area contributed by atoms with Crippen molar-refractivity contribution in [3.05, 3.63) is 81.6 Å². The number of ether oxygens (including phenoxy) is 1. The quantitative estimate of drug-likeness (QED) is 0.435. The van der Waals surface area contributed by atoms with Crippen molar-refractivity contribution < 1.29 is 14.3 Å². The fourth-order valence-electron chi connectivity index (χ4n) is 3.22. The summed E-state index contributed by atoms with van der Waals surface area (Å²) in [6.45, 7) is 3.78. The lowest BCUT2D eigenvalue weighted by Gasteiger charge is -2.10. The molecule has 8 nitrogen and oxygen atoms in total. The second kappa shape index (κ2) is 9.03. The van der Waals surface area contributed by atoms with Gasteiger partial charge in [0.15, 0.2) is 5.69 Å². The minimum absolute atomic E-state index is 0.00805. The smallest absolute Gasteiger partial charge is 0.359 e. The van der Waals surface area contributed by atoms with Crippen molar-refractivity contribution in [2.45, 2.75) is 13.8 Å². The second-order valence-corrected chi connectivity index (χ2v) is 7.80. The number of benzene rings is 2. The van der Waals surface area contributed by atoms with Crippen LogP contribution < -0.4 is 16.2 Å². The van der Waals surface area contributed by atoms with E-state index in [1.807, 2.05) is 31.2 Å². The zero-order valence-electron chi connectivity index (χ0n) is 17.4. The van der Waals surface area contributed by atoms with Crippen molar-refractivity contribution >= 4 is 44.8 Å². The molecule has 0 aliphatic rings. The van der Waals surface area contributed by atoms with Crippen LogP contribution in [0.3, 0.4) is 0 Å². The Balaban J connectivity index is 1.79. The first-order valence-electron chi connectivity index (χ1n) is 9.89. The highest BCUT2D eigenvalue weighted by Gasteiger charge is 2.23. The first kappa shape index (κ1) is 21.3. The van der Waals surface area contributed by atoms with Crippen LogP contribution in [0.2, 0.25) is 0 Å². The van der Waals surface area contributed by atoms with E-state index in [1.165, 1.54) is 0 Å². The van der Waals surface area contributed by atoms with E-state index in [0.717, 1.165) is 21.6 Å². The Morgan fingerprint density at radius 2 is 1.88 bits per heavy atom. The van der Waals surface area contributed by atoms with Crippen molar-refractivity contribution in [2.75, 3.05) is 17.2 Å². The van der Waals surface area contributed by atoms with E-state index in [4.69, 9.17) is 4.74 Å². The van der Waals surface area contributed by atoms with Crippen LogP contribution in [-0.2, 0) is 4.74 Å². The molecule has 0 aliphatic carbocycles. The van der Waals surface area contributed by atoms with Crippen LogP contribution in [0, 0.1) is 6.92 Å². The Morgan fingerprint density at radius 3 is 2.59 bits per heavy atom. The highest BCUT2D eigenvalue weighted by molar-refractivity contribution is 7.16. The van der Waals surface area contributed by atoms with Gasteiger partial charge in [-0.15, -0.1) is 11.3 Å². The number of hydrogen-bond acceptors (Lipinski definition) is 6. The summed E-state index contributed by atoms with van der Waals surface area (Å²) in [5, 5.41) is 12.2. The van der Waals surface area contributed by atoms with E-state index in [0.29, 0.717) is 21.8 Å². The van der Waals surface area contributed by atoms with Crippen LogP contribution in [-0.4, -0.2) is 28.4 Å². The molecule has 2 heterocycles. The predicted molar refractivity (Wildman–Crippen MR) is 125 cm³/mol. The maximum absolute atomic E-state index is 13.3. The Kier molecular flexibility index (Phi) is 6.00. The predicted octanol–water partition coefficient (Wildman–Crippen LogP) is 4.58. The van der Waals surface area contributed by atoms with Gasteiger partial charge in [0.25, 0.3) is 5.56 Å². The number of fused-ring (bicyclic) bond motifs is 1. The van der Waals surface area contributed by atoms with Crippen LogP contribution in [0.1, 0.15) is 23.0 Å². The number of carbonyl (C=O) groups is 2. The van der Waals surface area contributed by atoms with Gasteiger partial charge in [0.2, 0.25) is 0 Å². The van der Waals surface area contributed by atoms with Crippen molar-refractivity contribution in [3.8, 4) is 5.69 Å². The van der Waals surface area contributed by atoms with Gasteiger partial charge in [-0.25, -0.2) is 9.59 Å². The summed E-state index contributed by atoms with van der Waals surface area (Å²) in [5.74, 6) is -0.643. The topological polar surface area (TPSA) is 102 Å². The number of esters is 1. The zero-order chi connectivity index (χ0) is 22.7. The molecule has 0 unspecified atom stereocenters. The number of anilines is 2. The van der Waals surface area contributed by atoms with Gasteiger partial charge < -0.3 is 10.1 Å². The summed E-state index contributed by atoms with van der Waals surface area (Å²) in [7, 11) is 0. The summed E-state index contributed by atoms with van der Waals surface area (Å²) in [4.78, 5) is 38.5. The number of rotatable bonds is 5. The van der Waals surface area contributed by atoms with E-state index >= 15 is 0 Å². The number of aromatic nitrogens is 2. The molecule has 4 rings (SSSR count). The van der Waals surface area contributed by atoms with E-state index in [9.17, 15) is 14.4 Å². The number of nitrogens with one attached hydrogen (secondary N) is 2. The molecular formula is C23H20N4O4S. The fraction of sp³-hybridized carbons (Fsp3) is 0.130. The SMILES string of the molecule is CCOC(=O)c1nn(-c2ccccc2)c(=O)c2c(NC(=O)Nc3cccc(C)c3)scc12. The second-order valence-electron chi connectivity index (χ2n) is 6.92. The molecule has 2 N–H and O–H groups in total. The van der Waals surface area contributed by atoms with Crippen molar-refractivity contribution in [1.29, 1.82) is 0 Å². The first-order chi connectivity index (χ1) is 15.5. The number of para-hydroxylation sites is 1. The molecule has 0 bridgehead atoms. The van der Waals surface area contributed by atoms with Crippen molar-refractivity contribution in [3.63, 3.8) is 0 Å². The van der Waals surface area contributed by atoms with E-state index in [-0.39, 0.29) is 17.7 Å². The van der Waals surface area contributed by atoms with Crippen LogP contribution in [0.4, 0.5) is 15.5 Å². The van der Waals surface area contributed by atoms with E-state index in [2.05, 4.69) is 15.7 Å². The number of urea groups is 1. The van der Waals surface area contributed by atoms with Gasteiger partial charge in [-0.2, -0.15) is 9.78 Å². The van der Waals surface area contributed by atoms with Gasteiger partial charge in [-0.3, -0.25) is 10.1 Å². The third-order valence-electron chi connectivity index (χ3n) is 4.62. The minimum atomic E-state index is -0.643. The summed E-state index contributed by atoms with van der Waals surface area (Å²) < 4.78 is 6.28. The molecule has 0 saturated carbocycles. The Morgan fingerprint density at radius 1 is 1.09 bits per heavy atom. The van der Waals surface area contributed by atoms with Gasteiger partial charge >= 0.3 is 12.0 Å². The Labute approximate surface area is 187 Å². The molecule has 0 atom stereocenters. The first-order valence-corrected chi connectivity index (χ1v) is 10.8. The third kappa shape index (κ3) is 4.23. The number of carbonyl (C=O) groups excluding carboxylic acids is 2. The number of aryl methyl sites for hydroxylation is 1. The summed E-state index contributed by atoms with van der Waals surface area (Å²) in [5.41, 5.74) is 1.67. The number of thiophene rings is 1. The molecule has 0 aliphatic heterocycles. The molecule has 9 heteroatoms. The fourth-order valence-corrected chi connectivity index (χ4v) is 4.16. The molecule has 4 aromatic rings. The molecule has 32 heavy (non-hydrogen) atoms. The standard InChI is InChI=1S/C23H20N4O4S/c1-3-31-22(29)19-17-13-32-20(25-23(30)24-15-9-7-8-14(2)12-15)18(17)21(28)27(26-19)16-10-5-4-6-11-16/h4-13H,3H2,1-2H3,(H2,24,25,30). The minimum Gasteiger partial charge on any atom is -0.461 e. The average molecular weight is 449 g/mol. The Hall–Kier alpha value is -3.98. The molecule has 2 aromatic carbocycles. The Bertz CT molecular complexity index is 1360. The van der Waals surface area contributed by atoms with Crippen LogP contribution >= 0.6 is 11.3 Å². The third-order valence-corrected chi connectivity index (χ3v) is 5.52. The average Bonchev–Trinajstić information content (AvgIpc) is 3.18. The van der Waals surface area contributed by atoms with Gasteiger partial charge in [0.1, 0.15) is 5.00 Å². The van der Waals surface area contributed by atoms with Crippen LogP contribution in [0.5, 0.6) is 0 Å². The van der Waals surface area contributed by atoms with Crippen LogP contribution in [0.25, 0.3) is 16.5 Å². The maximum Gasteiger partial charge on any atom is 0.359 e. The molecule has 162 valence electrons. The number of nitrogens with zero attached hydrogens (tertiary/aromatic N) is 2. The maximum atomic E-state index is 13.3. The molecule has 0 radical (unpaired) electrons. The van der Waals surface area contributed by atoms with Gasteiger partial charge in [-0.1, -0.05) is 30.3 Å². The summed E-state index contributed by atoms with van der Waals surface area (Å²) in [6, 6.07) is 15.6. The highest BCUT2D eigenvalue weighted by atomic mass is 32.1. The monoisotopic (exact) mass is 448 g/mol. The van der Waals surface area contributed by atoms with Gasteiger partial charge in [0.05, 0.1) is 17.7 Å². The van der Waals surface area contributed by atoms with Crippen molar-refractivity contribution in [1.82, 2.24) is 9.78 Å². The summed E-state index contributed by atoms with van der Waals surface area (Å²) in [6.07, 6.45) is 0. The molecule has 0 spiro atoms. The highest BCUT2D eigenvalue weighted by Crippen LogP contribution is 2.30. The largest absolute Gasteiger partial charge is 0.461 e. The number of hydrogen-bond donors (Lipinski definition) is 2. The lowest BCUT2D eigenvalue weighted by atomic mass is 10.2. The van der Waals surface area contributed by atoms with Gasteiger partial charge in [0, 0.05) is 16.5 Å². The van der Waals surface area contributed by atoms with E-state index < -0.39 is 17.6 Å². The molecule has 0 fully saturated rings.